The van der Waals surface area contributed by atoms with Crippen LogP contribution in [0.2, 0.25) is 0 Å². The molecule has 3 unspecified atom stereocenters. The maximum atomic E-state index is 13.7. The molecule has 2 aromatic carbocycles. The van der Waals surface area contributed by atoms with Crippen LogP contribution in [0.15, 0.2) is 36.4 Å². The van der Waals surface area contributed by atoms with E-state index < -0.39 is 0 Å². The second kappa shape index (κ2) is 13.1. The van der Waals surface area contributed by atoms with Gasteiger partial charge in [-0.3, -0.25) is 14.4 Å². The number of ketones is 4. The van der Waals surface area contributed by atoms with Crippen LogP contribution in [-0.2, 0) is 27.2 Å². The van der Waals surface area contributed by atoms with Crippen LogP contribution >= 0.6 is 0 Å². The monoisotopic (exact) mass is 502 g/mol. The molecule has 0 aliphatic heterocycles. The third kappa shape index (κ3) is 7.12. The number of aryl methyl sites for hydroxylation is 1. The van der Waals surface area contributed by atoms with Crippen LogP contribution in [-0.4, -0.2) is 23.1 Å². The largest absolute Gasteiger partial charge is 0.300 e. The predicted octanol–water partition coefficient (Wildman–Crippen LogP) is 7.31. The normalized spacial score (nSPS) is 16.7. The first-order chi connectivity index (χ1) is 17.7. The minimum absolute atomic E-state index is 0.00550. The van der Waals surface area contributed by atoms with Crippen LogP contribution in [0.1, 0.15) is 99.7 Å². The second-order valence-corrected chi connectivity index (χ2v) is 11.0. The number of hydrogen-bond donors (Lipinski definition) is 0. The van der Waals surface area contributed by atoms with Gasteiger partial charge >= 0.3 is 0 Å². The van der Waals surface area contributed by atoms with Gasteiger partial charge in [-0.25, -0.2) is 0 Å². The maximum absolute atomic E-state index is 13.7. The van der Waals surface area contributed by atoms with Gasteiger partial charge in [-0.15, -0.1) is 0 Å². The molecule has 0 fully saturated rings. The highest BCUT2D eigenvalue weighted by molar-refractivity contribution is 6.02. The van der Waals surface area contributed by atoms with Crippen molar-refractivity contribution >= 4 is 23.1 Å². The summed E-state index contributed by atoms with van der Waals surface area (Å²) < 4.78 is 0. The number of Topliss-reactive ketones (excluding diaryl/α,β-unsaturated/α-hetero) is 4. The van der Waals surface area contributed by atoms with Crippen molar-refractivity contribution in [3.05, 3.63) is 58.7 Å². The standard InChI is InChI=1S/C33H42O4/c1-6-11-27(28(7-2)31(36)16-22(4)35)17-24-18-30-29(25-12-9-8-10-13-25)20-26(15-14-21(3)34)23(5)33(30)32(37)19-24/h8-10,12-13,20,24,27-28H,6-7,11,14-19H2,1-5H3. The van der Waals surface area contributed by atoms with E-state index in [4.69, 9.17) is 0 Å². The smallest absolute Gasteiger partial charge is 0.163 e. The molecule has 1 aliphatic rings. The molecule has 0 aromatic heterocycles. The maximum Gasteiger partial charge on any atom is 0.163 e. The van der Waals surface area contributed by atoms with Gasteiger partial charge in [0.1, 0.15) is 17.3 Å². The van der Waals surface area contributed by atoms with Gasteiger partial charge < -0.3 is 4.79 Å². The fourth-order valence-corrected chi connectivity index (χ4v) is 6.30. The Morgan fingerprint density at radius 2 is 1.70 bits per heavy atom. The summed E-state index contributed by atoms with van der Waals surface area (Å²) in [5.74, 6) is 0.499. The topological polar surface area (TPSA) is 68.3 Å². The van der Waals surface area contributed by atoms with Crippen LogP contribution in [0.5, 0.6) is 0 Å². The van der Waals surface area contributed by atoms with Crippen molar-refractivity contribution in [2.24, 2.45) is 17.8 Å². The van der Waals surface area contributed by atoms with Gasteiger partial charge in [-0.2, -0.15) is 0 Å². The van der Waals surface area contributed by atoms with Crippen molar-refractivity contribution in [1.82, 2.24) is 0 Å². The molecule has 0 N–H and O–H groups in total. The minimum Gasteiger partial charge on any atom is -0.300 e. The zero-order valence-electron chi connectivity index (χ0n) is 23.2. The molecule has 0 spiro atoms. The second-order valence-electron chi connectivity index (χ2n) is 11.0. The molecule has 0 saturated carbocycles. The first kappa shape index (κ1) is 28.7. The molecule has 0 bridgehead atoms. The lowest BCUT2D eigenvalue weighted by atomic mass is 9.70. The highest BCUT2D eigenvalue weighted by Crippen LogP contribution is 2.41. The van der Waals surface area contributed by atoms with E-state index in [0.717, 1.165) is 65.5 Å². The quantitative estimate of drug-likeness (QED) is 0.269. The molecule has 0 amide bonds. The molecule has 0 saturated heterocycles. The van der Waals surface area contributed by atoms with Crippen molar-refractivity contribution < 1.29 is 19.2 Å². The predicted molar refractivity (Wildman–Crippen MR) is 149 cm³/mol. The number of carbonyl (C=O) groups excluding carboxylic acids is 4. The molecule has 3 atom stereocenters. The fourth-order valence-electron chi connectivity index (χ4n) is 6.30. The Bertz CT molecular complexity index is 1140. The third-order valence-electron chi connectivity index (χ3n) is 8.02. The van der Waals surface area contributed by atoms with E-state index in [-0.39, 0.29) is 47.3 Å². The SMILES string of the molecule is CCCC(CC1CC(=O)c2c(C)c(CCC(C)=O)cc(-c3ccccc3)c2C1)C(CC)C(=O)CC(C)=O. The Hall–Kier alpha value is -2.88. The van der Waals surface area contributed by atoms with Gasteiger partial charge in [0.05, 0.1) is 6.42 Å². The molecular formula is C33H42O4. The number of carbonyl (C=O) groups is 4. The van der Waals surface area contributed by atoms with Crippen molar-refractivity contribution in [2.75, 3.05) is 0 Å². The highest BCUT2D eigenvalue weighted by atomic mass is 16.1. The van der Waals surface area contributed by atoms with Crippen molar-refractivity contribution in [2.45, 2.75) is 92.4 Å². The van der Waals surface area contributed by atoms with E-state index in [0.29, 0.717) is 19.3 Å². The van der Waals surface area contributed by atoms with Gasteiger partial charge in [0, 0.05) is 24.3 Å². The van der Waals surface area contributed by atoms with Crippen molar-refractivity contribution in [3.63, 3.8) is 0 Å². The summed E-state index contributed by atoms with van der Waals surface area (Å²) in [5.41, 5.74) is 6.20. The van der Waals surface area contributed by atoms with Crippen molar-refractivity contribution in [1.29, 1.82) is 0 Å². The Labute approximate surface area is 222 Å². The molecule has 37 heavy (non-hydrogen) atoms. The minimum atomic E-state index is -0.135. The van der Waals surface area contributed by atoms with Gasteiger partial charge in [-0.05, 0) is 86.1 Å². The summed E-state index contributed by atoms with van der Waals surface area (Å²) in [4.78, 5) is 50.0. The number of benzene rings is 2. The number of rotatable bonds is 13. The number of hydrogen-bond acceptors (Lipinski definition) is 4. The average molecular weight is 503 g/mol. The van der Waals surface area contributed by atoms with Crippen LogP contribution in [0.3, 0.4) is 0 Å². The lowest BCUT2D eigenvalue weighted by molar-refractivity contribution is -0.130. The molecule has 0 radical (unpaired) electrons. The zero-order valence-corrected chi connectivity index (χ0v) is 23.2. The molecular weight excluding hydrogens is 460 g/mol. The molecule has 0 heterocycles. The lowest BCUT2D eigenvalue weighted by Gasteiger charge is -2.33. The highest BCUT2D eigenvalue weighted by Gasteiger charge is 2.34. The van der Waals surface area contributed by atoms with Crippen LogP contribution in [0.25, 0.3) is 11.1 Å². The van der Waals surface area contributed by atoms with Crippen LogP contribution in [0.4, 0.5) is 0 Å². The summed E-state index contributed by atoms with van der Waals surface area (Å²) >= 11 is 0. The summed E-state index contributed by atoms with van der Waals surface area (Å²) in [6, 6.07) is 12.4. The first-order valence-electron chi connectivity index (χ1n) is 13.9. The first-order valence-corrected chi connectivity index (χ1v) is 13.9. The van der Waals surface area contributed by atoms with Crippen molar-refractivity contribution in [3.8, 4) is 11.1 Å². The number of fused-ring (bicyclic) bond motifs is 1. The summed E-state index contributed by atoms with van der Waals surface area (Å²) in [7, 11) is 0. The van der Waals surface area contributed by atoms with E-state index in [2.05, 4.69) is 25.1 Å². The summed E-state index contributed by atoms with van der Waals surface area (Å²) in [6.07, 6.45) is 5.84. The lowest BCUT2D eigenvalue weighted by Crippen LogP contribution is -2.30. The fraction of sp³-hybridized carbons (Fsp3) is 0.515. The summed E-state index contributed by atoms with van der Waals surface area (Å²) in [5, 5.41) is 0. The van der Waals surface area contributed by atoms with E-state index >= 15 is 0 Å². The van der Waals surface area contributed by atoms with Gasteiger partial charge in [0.2, 0.25) is 0 Å². The Balaban J connectivity index is 1.99. The molecule has 3 rings (SSSR count). The van der Waals surface area contributed by atoms with Crippen LogP contribution < -0.4 is 0 Å². The summed E-state index contributed by atoms with van der Waals surface area (Å²) in [6.45, 7) is 9.28. The van der Waals surface area contributed by atoms with Gasteiger partial charge in [-0.1, -0.05) is 63.1 Å². The molecule has 1 aliphatic carbocycles. The molecule has 2 aromatic rings. The molecule has 198 valence electrons. The van der Waals surface area contributed by atoms with E-state index in [9.17, 15) is 19.2 Å². The molecule has 4 nitrogen and oxygen atoms in total. The van der Waals surface area contributed by atoms with Gasteiger partial charge in [0.15, 0.2) is 5.78 Å². The Morgan fingerprint density at radius 3 is 2.30 bits per heavy atom. The third-order valence-corrected chi connectivity index (χ3v) is 8.02. The Kier molecular flexibility index (Phi) is 10.1. The van der Waals surface area contributed by atoms with E-state index in [1.54, 1.807) is 6.92 Å². The Morgan fingerprint density at radius 1 is 1.00 bits per heavy atom. The molecule has 4 heteroatoms. The zero-order chi connectivity index (χ0) is 27.1. The van der Waals surface area contributed by atoms with E-state index in [1.807, 2.05) is 32.0 Å². The van der Waals surface area contributed by atoms with Crippen LogP contribution in [0, 0.1) is 24.7 Å². The van der Waals surface area contributed by atoms with Gasteiger partial charge in [0.25, 0.3) is 0 Å². The van der Waals surface area contributed by atoms with E-state index in [1.165, 1.54) is 6.92 Å². The average Bonchev–Trinajstić information content (AvgIpc) is 2.84.